The van der Waals surface area contributed by atoms with Gasteiger partial charge in [-0.25, -0.2) is 13.4 Å². The Morgan fingerprint density at radius 1 is 0.892 bits per heavy atom. The fraction of sp³-hybridized carbons (Fsp3) is 0.379. The highest BCUT2D eigenvalue weighted by molar-refractivity contribution is 7.90. The van der Waals surface area contributed by atoms with E-state index in [0.717, 1.165) is 65.6 Å². The second kappa shape index (κ2) is 9.91. The highest BCUT2D eigenvalue weighted by Crippen LogP contribution is 2.30. The van der Waals surface area contributed by atoms with Crippen molar-refractivity contribution >= 4 is 26.6 Å². The standard InChI is InChI=1S/C29H35N5O2S/c1-20(2)19-33-14-16-34(17-15-33)24-10-6-22(7-11-24)26-18-27-28(21(3)30-26)31-29(32(27)4)23-8-12-25(13-9-23)37(5,35)36/h6-13,18,20H,14-17,19H2,1-5H3. The minimum absolute atomic E-state index is 0.302. The van der Waals surface area contributed by atoms with Gasteiger partial charge in [-0.2, -0.15) is 0 Å². The fourth-order valence-electron chi connectivity index (χ4n) is 5.14. The molecule has 1 aliphatic rings. The third-order valence-electron chi connectivity index (χ3n) is 7.11. The summed E-state index contributed by atoms with van der Waals surface area (Å²) in [6, 6.07) is 17.7. The number of nitrogens with zero attached hydrogens (tertiary/aromatic N) is 5. The van der Waals surface area contributed by atoms with E-state index >= 15 is 0 Å². The van der Waals surface area contributed by atoms with Crippen LogP contribution in [0.15, 0.2) is 59.5 Å². The quantitative estimate of drug-likeness (QED) is 0.366. The number of hydrogen-bond donors (Lipinski definition) is 0. The Morgan fingerprint density at radius 2 is 1.51 bits per heavy atom. The van der Waals surface area contributed by atoms with Gasteiger partial charge in [0.1, 0.15) is 11.3 Å². The Morgan fingerprint density at radius 3 is 2.11 bits per heavy atom. The van der Waals surface area contributed by atoms with Gasteiger partial charge in [-0.3, -0.25) is 9.88 Å². The summed E-state index contributed by atoms with van der Waals surface area (Å²) in [4.78, 5) is 15.0. The summed E-state index contributed by atoms with van der Waals surface area (Å²) in [7, 11) is -1.25. The molecular weight excluding hydrogens is 482 g/mol. The minimum Gasteiger partial charge on any atom is -0.369 e. The number of anilines is 1. The summed E-state index contributed by atoms with van der Waals surface area (Å²) in [5.41, 5.74) is 6.83. The van der Waals surface area contributed by atoms with E-state index in [2.05, 4.69) is 54.0 Å². The second-order valence-corrected chi connectivity index (χ2v) is 12.5. The molecule has 1 aliphatic heterocycles. The molecule has 0 amide bonds. The third kappa shape index (κ3) is 5.26. The number of pyridine rings is 1. The smallest absolute Gasteiger partial charge is 0.175 e. The van der Waals surface area contributed by atoms with Crippen LogP contribution in [0.2, 0.25) is 0 Å². The summed E-state index contributed by atoms with van der Waals surface area (Å²) in [6.45, 7) is 12.0. The van der Waals surface area contributed by atoms with E-state index in [9.17, 15) is 8.42 Å². The van der Waals surface area contributed by atoms with Crippen LogP contribution in [0.1, 0.15) is 19.5 Å². The number of hydrogen-bond acceptors (Lipinski definition) is 6. The first kappa shape index (κ1) is 25.4. The summed E-state index contributed by atoms with van der Waals surface area (Å²) < 4.78 is 25.7. The maximum absolute atomic E-state index is 11.8. The summed E-state index contributed by atoms with van der Waals surface area (Å²) >= 11 is 0. The van der Waals surface area contributed by atoms with Crippen LogP contribution in [-0.2, 0) is 16.9 Å². The molecule has 0 bridgehead atoms. The van der Waals surface area contributed by atoms with Crippen molar-refractivity contribution in [3.05, 3.63) is 60.3 Å². The van der Waals surface area contributed by atoms with Crippen molar-refractivity contribution in [1.29, 1.82) is 0 Å². The molecule has 37 heavy (non-hydrogen) atoms. The van der Waals surface area contributed by atoms with Crippen molar-refractivity contribution in [2.45, 2.75) is 25.7 Å². The SMILES string of the molecule is Cc1nc(-c2ccc(N3CCN(CC(C)C)CC3)cc2)cc2c1nc(-c1ccc(S(C)(=O)=O)cc1)n2C. The van der Waals surface area contributed by atoms with E-state index in [1.807, 2.05) is 30.7 Å². The van der Waals surface area contributed by atoms with Crippen molar-refractivity contribution in [3.63, 3.8) is 0 Å². The molecule has 8 heteroatoms. The number of aryl methyl sites for hydroxylation is 2. The molecule has 0 atom stereocenters. The first-order chi connectivity index (χ1) is 17.6. The number of piperazine rings is 1. The molecule has 4 aromatic rings. The van der Waals surface area contributed by atoms with Crippen molar-refractivity contribution < 1.29 is 8.42 Å². The number of fused-ring (bicyclic) bond motifs is 1. The molecule has 2 aromatic carbocycles. The van der Waals surface area contributed by atoms with E-state index < -0.39 is 9.84 Å². The zero-order valence-corrected chi connectivity index (χ0v) is 23.1. The molecule has 7 nitrogen and oxygen atoms in total. The number of rotatable bonds is 6. The minimum atomic E-state index is -3.24. The lowest BCUT2D eigenvalue weighted by Gasteiger charge is -2.36. The summed E-state index contributed by atoms with van der Waals surface area (Å²) in [6.07, 6.45) is 1.22. The Bertz CT molecular complexity index is 1520. The summed E-state index contributed by atoms with van der Waals surface area (Å²) in [5, 5.41) is 0. The normalized spacial score (nSPS) is 15.1. The largest absolute Gasteiger partial charge is 0.369 e. The van der Waals surface area contributed by atoms with Gasteiger partial charge >= 0.3 is 0 Å². The number of sulfone groups is 1. The number of benzene rings is 2. The average molecular weight is 518 g/mol. The van der Waals surface area contributed by atoms with Gasteiger partial charge in [-0.1, -0.05) is 26.0 Å². The highest BCUT2D eigenvalue weighted by atomic mass is 32.2. The fourth-order valence-corrected chi connectivity index (χ4v) is 5.77. The molecule has 3 heterocycles. The van der Waals surface area contributed by atoms with Crippen molar-refractivity contribution in [1.82, 2.24) is 19.4 Å². The Labute approximate surface area is 219 Å². The van der Waals surface area contributed by atoms with E-state index in [-0.39, 0.29) is 0 Å². The molecule has 0 saturated carbocycles. The van der Waals surface area contributed by atoms with Crippen LogP contribution in [0.4, 0.5) is 5.69 Å². The predicted molar refractivity (Wildman–Crippen MR) is 151 cm³/mol. The van der Waals surface area contributed by atoms with Crippen molar-refractivity contribution in [3.8, 4) is 22.6 Å². The van der Waals surface area contributed by atoms with Gasteiger partial charge in [-0.15, -0.1) is 0 Å². The van der Waals surface area contributed by atoms with Crippen LogP contribution in [0, 0.1) is 12.8 Å². The zero-order valence-electron chi connectivity index (χ0n) is 22.3. The topological polar surface area (TPSA) is 71.3 Å². The molecule has 0 aliphatic carbocycles. The van der Waals surface area contributed by atoms with Gasteiger partial charge in [0.15, 0.2) is 9.84 Å². The van der Waals surface area contributed by atoms with Crippen LogP contribution in [0.3, 0.4) is 0 Å². The molecule has 194 valence electrons. The lowest BCUT2D eigenvalue weighted by atomic mass is 10.1. The number of aromatic nitrogens is 3. The lowest BCUT2D eigenvalue weighted by Crippen LogP contribution is -2.47. The molecule has 1 fully saturated rings. The van der Waals surface area contributed by atoms with Crippen molar-refractivity contribution in [2.24, 2.45) is 13.0 Å². The Kier molecular flexibility index (Phi) is 6.81. The zero-order chi connectivity index (χ0) is 26.3. The van der Waals surface area contributed by atoms with Crippen molar-refractivity contribution in [2.75, 3.05) is 43.9 Å². The molecule has 0 N–H and O–H groups in total. The Balaban J connectivity index is 1.39. The van der Waals surface area contributed by atoms with Crippen LogP contribution in [0.25, 0.3) is 33.7 Å². The van der Waals surface area contributed by atoms with E-state index in [4.69, 9.17) is 9.97 Å². The molecule has 0 unspecified atom stereocenters. The van der Waals surface area contributed by atoms with E-state index in [1.54, 1.807) is 12.1 Å². The second-order valence-electron chi connectivity index (χ2n) is 10.5. The van der Waals surface area contributed by atoms with Gasteiger partial charge in [-0.05, 0) is 55.3 Å². The maximum atomic E-state index is 11.8. The van der Waals surface area contributed by atoms with Gasteiger partial charge in [0.25, 0.3) is 0 Å². The van der Waals surface area contributed by atoms with Crippen LogP contribution >= 0.6 is 0 Å². The molecule has 2 aromatic heterocycles. The van der Waals surface area contributed by atoms with Crippen LogP contribution in [0.5, 0.6) is 0 Å². The van der Waals surface area contributed by atoms with Gasteiger partial charge in [0, 0.05) is 62.8 Å². The van der Waals surface area contributed by atoms with E-state index in [1.165, 1.54) is 18.5 Å². The van der Waals surface area contributed by atoms with E-state index in [0.29, 0.717) is 10.8 Å². The molecule has 1 saturated heterocycles. The molecular formula is C29H35N5O2S. The van der Waals surface area contributed by atoms with Gasteiger partial charge in [0.05, 0.1) is 21.8 Å². The lowest BCUT2D eigenvalue weighted by molar-refractivity contribution is 0.231. The maximum Gasteiger partial charge on any atom is 0.175 e. The molecule has 0 spiro atoms. The van der Waals surface area contributed by atoms with Gasteiger partial charge < -0.3 is 9.47 Å². The van der Waals surface area contributed by atoms with Crippen LogP contribution < -0.4 is 4.90 Å². The summed E-state index contributed by atoms with van der Waals surface area (Å²) in [5.74, 6) is 1.49. The van der Waals surface area contributed by atoms with Crippen LogP contribution in [-0.4, -0.2) is 66.8 Å². The average Bonchev–Trinajstić information content (AvgIpc) is 3.21. The molecule has 0 radical (unpaired) electrons. The monoisotopic (exact) mass is 517 g/mol. The highest BCUT2D eigenvalue weighted by Gasteiger charge is 2.19. The third-order valence-corrected chi connectivity index (χ3v) is 8.24. The first-order valence-corrected chi connectivity index (χ1v) is 14.7. The Hall–Kier alpha value is -3.23. The number of imidazole rings is 1. The predicted octanol–water partition coefficient (Wildman–Crippen LogP) is 4.79. The molecule has 5 rings (SSSR count). The first-order valence-electron chi connectivity index (χ1n) is 12.8. The van der Waals surface area contributed by atoms with Gasteiger partial charge in [0.2, 0.25) is 0 Å².